The molecule has 0 saturated heterocycles. The zero-order valence-corrected chi connectivity index (χ0v) is 15.0. The maximum absolute atomic E-state index is 11.9. The van der Waals surface area contributed by atoms with Crippen molar-refractivity contribution in [2.24, 2.45) is 0 Å². The lowest BCUT2D eigenvalue weighted by Crippen LogP contribution is -2.00. The highest BCUT2D eigenvalue weighted by Gasteiger charge is 2.19. The van der Waals surface area contributed by atoms with Crippen molar-refractivity contribution in [1.29, 1.82) is 0 Å². The number of aromatic carboxylic acids is 1. The average molecular weight is 380 g/mol. The summed E-state index contributed by atoms with van der Waals surface area (Å²) in [7, 11) is 1.59. The van der Waals surface area contributed by atoms with Crippen LogP contribution in [0.4, 0.5) is 0 Å². The van der Waals surface area contributed by atoms with E-state index in [4.69, 9.17) is 16.3 Å². The minimum Gasteiger partial charge on any atom is -0.497 e. The van der Waals surface area contributed by atoms with Crippen molar-refractivity contribution in [2.45, 2.75) is 0 Å². The molecule has 4 rings (SSSR count). The Morgan fingerprint density at radius 2 is 1.74 bits per heavy atom. The van der Waals surface area contributed by atoms with Crippen LogP contribution in [0.2, 0.25) is 5.02 Å². The van der Waals surface area contributed by atoms with E-state index in [0.717, 1.165) is 11.1 Å². The maximum Gasteiger partial charge on any atom is 0.336 e. The predicted octanol–water partition coefficient (Wildman–Crippen LogP) is 4.65. The minimum atomic E-state index is -1.05. The number of hydrogen-bond acceptors (Lipinski definition) is 4. The Labute approximate surface area is 159 Å². The molecule has 2 aromatic heterocycles. The third-order valence-electron chi connectivity index (χ3n) is 4.27. The summed E-state index contributed by atoms with van der Waals surface area (Å²) in [6, 6.07) is 15.9. The smallest absolute Gasteiger partial charge is 0.336 e. The van der Waals surface area contributed by atoms with E-state index in [1.165, 1.54) is 0 Å². The molecule has 0 aliphatic heterocycles. The maximum atomic E-state index is 11.9. The second-order valence-corrected chi connectivity index (χ2v) is 6.33. The van der Waals surface area contributed by atoms with Gasteiger partial charge in [-0.3, -0.25) is 5.10 Å². The molecule has 6 nitrogen and oxygen atoms in total. The molecule has 0 fully saturated rings. The first-order valence-corrected chi connectivity index (χ1v) is 8.47. The number of nitrogens with zero attached hydrogens (tertiary/aromatic N) is 2. The lowest BCUT2D eigenvalue weighted by atomic mass is 10.0. The van der Waals surface area contributed by atoms with Crippen LogP contribution in [0.3, 0.4) is 0 Å². The Bertz CT molecular complexity index is 1140. The molecule has 0 amide bonds. The molecule has 0 bridgehead atoms. The van der Waals surface area contributed by atoms with E-state index in [9.17, 15) is 9.90 Å². The molecule has 134 valence electrons. The zero-order chi connectivity index (χ0) is 19.0. The van der Waals surface area contributed by atoms with Crippen LogP contribution in [0.25, 0.3) is 33.5 Å². The van der Waals surface area contributed by atoms with Gasteiger partial charge in [-0.25, -0.2) is 9.78 Å². The Morgan fingerprint density at radius 1 is 1.07 bits per heavy atom. The molecule has 2 heterocycles. The number of carboxylic acid groups (broad SMARTS) is 1. The number of fused-ring (bicyclic) bond motifs is 1. The monoisotopic (exact) mass is 379 g/mol. The van der Waals surface area contributed by atoms with Gasteiger partial charge in [-0.2, -0.15) is 5.10 Å². The van der Waals surface area contributed by atoms with Gasteiger partial charge in [0, 0.05) is 16.1 Å². The summed E-state index contributed by atoms with van der Waals surface area (Å²) in [4.78, 5) is 16.5. The number of rotatable bonds is 4. The Hall–Kier alpha value is -3.38. The first-order valence-electron chi connectivity index (χ1n) is 8.09. The topological polar surface area (TPSA) is 88.1 Å². The van der Waals surface area contributed by atoms with E-state index in [-0.39, 0.29) is 5.56 Å². The summed E-state index contributed by atoms with van der Waals surface area (Å²) in [6.07, 6.45) is 0. The van der Waals surface area contributed by atoms with Gasteiger partial charge in [0.25, 0.3) is 0 Å². The van der Waals surface area contributed by atoms with Crippen molar-refractivity contribution in [1.82, 2.24) is 15.2 Å². The number of hydrogen-bond donors (Lipinski definition) is 2. The minimum absolute atomic E-state index is 0.129. The molecular weight excluding hydrogens is 366 g/mol. The molecule has 27 heavy (non-hydrogen) atoms. The number of carbonyl (C=O) groups is 1. The van der Waals surface area contributed by atoms with Gasteiger partial charge >= 0.3 is 5.97 Å². The van der Waals surface area contributed by atoms with Gasteiger partial charge in [0.15, 0.2) is 5.65 Å². The molecule has 0 aliphatic rings. The number of halogens is 1. The van der Waals surface area contributed by atoms with E-state index in [0.29, 0.717) is 33.2 Å². The number of carboxylic acids is 1. The number of ether oxygens (including phenoxy) is 1. The lowest BCUT2D eigenvalue weighted by molar-refractivity contribution is 0.0699. The van der Waals surface area contributed by atoms with Crippen molar-refractivity contribution in [2.75, 3.05) is 7.11 Å². The van der Waals surface area contributed by atoms with Crippen molar-refractivity contribution < 1.29 is 14.6 Å². The third-order valence-corrected chi connectivity index (χ3v) is 4.53. The number of H-pyrrole nitrogens is 1. The quantitative estimate of drug-likeness (QED) is 0.538. The van der Waals surface area contributed by atoms with Gasteiger partial charge in [-0.05, 0) is 42.5 Å². The Kier molecular flexibility index (Phi) is 4.25. The third kappa shape index (κ3) is 3.11. The predicted molar refractivity (Wildman–Crippen MR) is 103 cm³/mol. The molecule has 0 spiro atoms. The normalized spacial score (nSPS) is 10.9. The van der Waals surface area contributed by atoms with E-state index in [1.54, 1.807) is 49.6 Å². The average Bonchev–Trinajstić information content (AvgIpc) is 3.12. The summed E-state index contributed by atoms with van der Waals surface area (Å²) in [5, 5.41) is 17.9. The van der Waals surface area contributed by atoms with Crippen LogP contribution in [0, 0.1) is 0 Å². The van der Waals surface area contributed by atoms with Crippen LogP contribution in [0.1, 0.15) is 10.4 Å². The largest absolute Gasteiger partial charge is 0.497 e. The van der Waals surface area contributed by atoms with Crippen LogP contribution < -0.4 is 4.74 Å². The first-order chi connectivity index (χ1) is 13.1. The fraction of sp³-hybridized carbons (Fsp3) is 0.0500. The molecule has 0 unspecified atom stereocenters. The van der Waals surface area contributed by atoms with Gasteiger partial charge in [-0.15, -0.1) is 0 Å². The summed E-state index contributed by atoms with van der Waals surface area (Å²) in [5.41, 5.74) is 3.14. The molecule has 2 aromatic carbocycles. The van der Waals surface area contributed by atoms with Crippen LogP contribution in [-0.2, 0) is 0 Å². The number of nitrogens with one attached hydrogen (secondary N) is 1. The molecule has 0 aliphatic carbocycles. The number of benzene rings is 2. The van der Waals surface area contributed by atoms with Crippen LogP contribution in [0.5, 0.6) is 5.75 Å². The molecule has 0 radical (unpaired) electrons. The van der Waals surface area contributed by atoms with Crippen molar-refractivity contribution in [3.8, 4) is 28.3 Å². The summed E-state index contributed by atoms with van der Waals surface area (Å²) < 4.78 is 5.16. The fourth-order valence-corrected chi connectivity index (χ4v) is 3.05. The highest BCUT2D eigenvalue weighted by molar-refractivity contribution is 6.30. The van der Waals surface area contributed by atoms with Crippen LogP contribution in [-0.4, -0.2) is 33.4 Å². The highest BCUT2D eigenvalue weighted by atomic mass is 35.5. The molecule has 4 aromatic rings. The first kappa shape index (κ1) is 17.1. The summed E-state index contributed by atoms with van der Waals surface area (Å²) >= 11 is 5.94. The van der Waals surface area contributed by atoms with E-state index < -0.39 is 5.97 Å². The fourth-order valence-electron chi connectivity index (χ4n) is 2.93. The number of aromatic amines is 1. The lowest BCUT2D eigenvalue weighted by Gasteiger charge is -2.06. The number of aromatic nitrogens is 3. The SMILES string of the molecule is COc1ccc(-c2cc(C(=O)O)c3c(-c4ccc(Cl)cc4)[nH]nc3n2)cc1. The standard InChI is InChI=1S/C20H14ClN3O3/c1-27-14-8-4-11(5-9-14)16-10-15(20(25)26)17-18(23-24-19(17)22-16)12-2-6-13(21)7-3-12/h2-10H,1H3,(H,25,26)(H,22,23,24). The van der Waals surface area contributed by atoms with E-state index in [2.05, 4.69) is 15.2 Å². The molecule has 2 N–H and O–H groups in total. The van der Waals surface area contributed by atoms with Crippen LogP contribution in [0.15, 0.2) is 54.6 Å². The highest BCUT2D eigenvalue weighted by Crippen LogP contribution is 2.32. The van der Waals surface area contributed by atoms with Crippen molar-refractivity contribution in [3.63, 3.8) is 0 Å². The van der Waals surface area contributed by atoms with Crippen molar-refractivity contribution in [3.05, 3.63) is 65.2 Å². The zero-order valence-electron chi connectivity index (χ0n) is 14.2. The molecule has 0 saturated carbocycles. The Balaban J connectivity index is 1.90. The Morgan fingerprint density at radius 3 is 2.37 bits per heavy atom. The van der Waals surface area contributed by atoms with Gasteiger partial charge in [0.2, 0.25) is 0 Å². The van der Waals surface area contributed by atoms with Gasteiger partial charge in [-0.1, -0.05) is 23.7 Å². The number of pyridine rings is 1. The molecule has 0 atom stereocenters. The summed E-state index contributed by atoms with van der Waals surface area (Å²) in [5.74, 6) is -0.336. The van der Waals surface area contributed by atoms with Gasteiger partial charge in [0.1, 0.15) is 5.75 Å². The number of methoxy groups -OCH3 is 1. The van der Waals surface area contributed by atoms with Gasteiger partial charge < -0.3 is 9.84 Å². The van der Waals surface area contributed by atoms with Crippen molar-refractivity contribution >= 4 is 28.6 Å². The van der Waals surface area contributed by atoms with E-state index in [1.807, 2.05) is 12.1 Å². The van der Waals surface area contributed by atoms with Crippen LogP contribution >= 0.6 is 11.6 Å². The van der Waals surface area contributed by atoms with E-state index >= 15 is 0 Å². The second kappa shape index (κ2) is 6.74. The second-order valence-electron chi connectivity index (χ2n) is 5.89. The van der Waals surface area contributed by atoms with Gasteiger partial charge in [0.05, 0.1) is 29.4 Å². The summed E-state index contributed by atoms with van der Waals surface area (Å²) in [6.45, 7) is 0. The molecular formula is C20H14ClN3O3. The molecule has 7 heteroatoms.